The van der Waals surface area contributed by atoms with Crippen LogP contribution in [0.1, 0.15) is 20.8 Å². The molecule has 18 heavy (non-hydrogen) atoms. The van der Waals surface area contributed by atoms with Gasteiger partial charge in [0.15, 0.2) is 0 Å². The zero-order chi connectivity index (χ0) is 14.1. The molecule has 0 rings (SSSR count). The summed E-state index contributed by atoms with van der Waals surface area (Å²) in [5, 5.41) is 13.8. The van der Waals surface area contributed by atoms with Crippen molar-refractivity contribution in [2.75, 3.05) is 19.8 Å². The molecule has 0 spiro atoms. The predicted octanol–water partition coefficient (Wildman–Crippen LogP) is 0.988. The number of carbonyl (C=O) groups excluding carboxylic acids is 1. The Bertz CT molecular complexity index is 302. The van der Waals surface area contributed by atoms with Crippen molar-refractivity contribution in [1.29, 1.82) is 0 Å². The van der Waals surface area contributed by atoms with Crippen LogP contribution in [0.2, 0.25) is 0 Å². The number of aliphatic carboxylic acids is 1. The molecule has 0 aliphatic rings. The number of hydrogen-bond acceptors (Lipinski definition) is 3. The lowest BCUT2D eigenvalue weighted by Gasteiger charge is -2.18. The molecule has 104 valence electrons. The van der Waals surface area contributed by atoms with Crippen LogP contribution < -0.4 is 10.6 Å². The third kappa shape index (κ3) is 7.67. The molecule has 0 aromatic heterocycles. The molecule has 0 aliphatic carbocycles. The van der Waals surface area contributed by atoms with Crippen LogP contribution in [0.25, 0.3) is 0 Å². The van der Waals surface area contributed by atoms with Gasteiger partial charge in [0.2, 0.25) is 0 Å². The van der Waals surface area contributed by atoms with Crippen LogP contribution in [0, 0.1) is 5.92 Å². The summed E-state index contributed by atoms with van der Waals surface area (Å²) in [6, 6.07) is -1.39. The number of carboxylic acid groups (broad SMARTS) is 1. The molecule has 0 unspecified atom stereocenters. The van der Waals surface area contributed by atoms with Crippen LogP contribution >= 0.6 is 0 Å². The van der Waals surface area contributed by atoms with Gasteiger partial charge in [-0.25, -0.2) is 9.59 Å². The molecule has 0 aromatic rings. The Hall–Kier alpha value is -1.56. The molecule has 6 heteroatoms. The maximum Gasteiger partial charge on any atom is 0.326 e. The van der Waals surface area contributed by atoms with E-state index < -0.39 is 18.0 Å². The molecule has 0 aromatic carbocycles. The standard InChI is InChI=1S/C12H22N2O4/c1-8(2)7-18-6-5-13-12(17)14-10(9(3)4)11(15)16/h9-10H,1,5-7H2,2-4H3,(H,15,16)(H2,13,14,17)/t10-/m0/s1. The number of carbonyl (C=O) groups is 2. The van der Waals surface area contributed by atoms with E-state index in [9.17, 15) is 9.59 Å². The summed E-state index contributed by atoms with van der Waals surface area (Å²) >= 11 is 0. The lowest BCUT2D eigenvalue weighted by atomic mass is 10.1. The van der Waals surface area contributed by atoms with Gasteiger partial charge >= 0.3 is 12.0 Å². The lowest BCUT2D eigenvalue weighted by Crippen LogP contribution is -2.49. The first-order valence-electron chi connectivity index (χ1n) is 5.84. The second-order valence-electron chi connectivity index (χ2n) is 4.47. The van der Waals surface area contributed by atoms with Crippen molar-refractivity contribution in [3.63, 3.8) is 0 Å². The molecule has 0 radical (unpaired) electrons. The molecule has 2 amide bonds. The third-order valence-corrected chi connectivity index (χ3v) is 2.10. The van der Waals surface area contributed by atoms with Gasteiger partial charge < -0.3 is 20.5 Å². The molecule has 3 N–H and O–H groups in total. The van der Waals surface area contributed by atoms with E-state index in [2.05, 4.69) is 17.2 Å². The Morgan fingerprint density at radius 3 is 2.44 bits per heavy atom. The minimum absolute atomic E-state index is 0.173. The number of hydrogen-bond donors (Lipinski definition) is 3. The predicted molar refractivity (Wildman–Crippen MR) is 68.4 cm³/mol. The van der Waals surface area contributed by atoms with Crippen LogP contribution in [0.15, 0.2) is 12.2 Å². The second-order valence-corrected chi connectivity index (χ2v) is 4.47. The van der Waals surface area contributed by atoms with E-state index in [1.54, 1.807) is 13.8 Å². The fourth-order valence-corrected chi connectivity index (χ4v) is 1.19. The van der Waals surface area contributed by atoms with Gasteiger partial charge in [0.05, 0.1) is 13.2 Å². The topological polar surface area (TPSA) is 87.7 Å². The summed E-state index contributed by atoms with van der Waals surface area (Å²) in [6.45, 7) is 10.1. The van der Waals surface area contributed by atoms with Crippen molar-refractivity contribution >= 4 is 12.0 Å². The normalized spacial score (nSPS) is 12.0. The first-order valence-corrected chi connectivity index (χ1v) is 5.84. The smallest absolute Gasteiger partial charge is 0.326 e. The van der Waals surface area contributed by atoms with E-state index in [1.807, 2.05) is 6.92 Å². The highest BCUT2D eigenvalue weighted by molar-refractivity contribution is 5.82. The van der Waals surface area contributed by atoms with Crippen molar-refractivity contribution in [1.82, 2.24) is 10.6 Å². The van der Waals surface area contributed by atoms with Gasteiger partial charge in [-0.3, -0.25) is 0 Å². The summed E-state index contributed by atoms with van der Waals surface area (Å²) in [7, 11) is 0. The van der Waals surface area contributed by atoms with Crippen LogP contribution in [0.3, 0.4) is 0 Å². The van der Waals surface area contributed by atoms with Gasteiger partial charge in [-0.2, -0.15) is 0 Å². The van der Waals surface area contributed by atoms with Gasteiger partial charge in [0.25, 0.3) is 0 Å². The van der Waals surface area contributed by atoms with E-state index in [1.165, 1.54) is 0 Å². The van der Waals surface area contributed by atoms with E-state index in [0.717, 1.165) is 5.57 Å². The summed E-state index contributed by atoms with van der Waals surface area (Å²) in [4.78, 5) is 22.3. The average Bonchev–Trinajstić information content (AvgIpc) is 2.24. The maximum atomic E-state index is 11.4. The first kappa shape index (κ1) is 16.4. The largest absolute Gasteiger partial charge is 0.480 e. The molecule has 0 heterocycles. The highest BCUT2D eigenvalue weighted by Gasteiger charge is 2.22. The van der Waals surface area contributed by atoms with Crippen molar-refractivity contribution < 1.29 is 19.4 Å². The fourth-order valence-electron chi connectivity index (χ4n) is 1.19. The number of ether oxygens (including phenoxy) is 1. The van der Waals surface area contributed by atoms with Gasteiger partial charge in [0.1, 0.15) is 6.04 Å². The minimum Gasteiger partial charge on any atom is -0.480 e. The number of carboxylic acids is 1. The average molecular weight is 258 g/mol. The van der Waals surface area contributed by atoms with Gasteiger partial charge in [0, 0.05) is 6.54 Å². The summed E-state index contributed by atoms with van der Waals surface area (Å²) < 4.78 is 5.19. The molecule has 0 bridgehead atoms. The molecule has 0 saturated carbocycles. The zero-order valence-electron chi connectivity index (χ0n) is 11.2. The molecular formula is C12H22N2O4. The molecule has 0 saturated heterocycles. The van der Waals surface area contributed by atoms with Crippen LogP contribution in [-0.2, 0) is 9.53 Å². The Kier molecular flexibility index (Phi) is 7.78. The highest BCUT2D eigenvalue weighted by atomic mass is 16.5. The Morgan fingerprint density at radius 2 is 2.00 bits per heavy atom. The lowest BCUT2D eigenvalue weighted by molar-refractivity contribution is -0.140. The van der Waals surface area contributed by atoms with Crippen molar-refractivity contribution in [3.05, 3.63) is 12.2 Å². The summed E-state index contributed by atoms with van der Waals surface area (Å²) in [5.41, 5.74) is 0.908. The van der Waals surface area contributed by atoms with Crippen molar-refractivity contribution in [3.8, 4) is 0 Å². The first-order chi connectivity index (χ1) is 8.34. The highest BCUT2D eigenvalue weighted by Crippen LogP contribution is 2.00. The molecule has 6 nitrogen and oxygen atoms in total. The monoisotopic (exact) mass is 258 g/mol. The third-order valence-electron chi connectivity index (χ3n) is 2.10. The number of urea groups is 1. The fraction of sp³-hybridized carbons (Fsp3) is 0.667. The number of amides is 2. The number of rotatable bonds is 8. The van der Waals surface area contributed by atoms with Gasteiger partial charge in [-0.1, -0.05) is 26.0 Å². The van der Waals surface area contributed by atoms with E-state index in [0.29, 0.717) is 19.8 Å². The van der Waals surface area contributed by atoms with Crippen molar-refractivity contribution in [2.45, 2.75) is 26.8 Å². The Morgan fingerprint density at radius 1 is 1.39 bits per heavy atom. The minimum atomic E-state index is -1.04. The van der Waals surface area contributed by atoms with E-state index in [-0.39, 0.29) is 5.92 Å². The summed E-state index contributed by atoms with van der Waals surface area (Å²) in [5.74, 6) is -1.22. The molecule has 0 fully saturated rings. The van der Waals surface area contributed by atoms with Crippen LogP contribution in [0.4, 0.5) is 4.79 Å². The Labute approximate surface area is 107 Å². The van der Waals surface area contributed by atoms with Crippen molar-refractivity contribution in [2.24, 2.45) is 5.92 Å². The number of nitrogens with one attached hydrogen (secondary N) is 2. The Balaban J connectivity index is 3.82. The second kappa shape index (κ2) is 8.52. The van der Waals surface area contributed by atoms with Crippen LogP contribution in [0.5, 0.6) is 0 Å². The SMILES string of the molecule is C=C(C)COCCNC(=O)N[C@H](C(=O)O)C(C)C. The zero-order valence-corrected chi connectivity index (χ0v) is 11.2. The van der Waals surface area contributed by atoms with E-state index in [4.69, 9.17) is 9.84 Å². The molecule has 1 atom stereocenters. The molecular weight excluding hydrogens is 236 g/mol. The maximum absolute atomic E-state index is 11.4. The van der Waals surface area contributed by atoms with Gasteiger partial charge in [-0.05, 0) is 12.8 Å². The quantitative estimate of drug-likeness (QED) is 0.447. The molecule has 0 aliphatic heterocycles. The summed E-state index contributed by atoms with van der Waals surface area (Å²) in [6.07, 6.45) is 0. The van der Waals surface area contributed by atoms with Crippen LogP contribution in [-0.4, -0.2) is 42.9 Å². The van der Waals surface area contributed by atoms with E-state index >= 15 is 0 Å². The van der Waals surface area contributed by atoms with Gasteiger partial charge in [-0.15, -0.1) is 0 Å².